The Kier molecular flexibility index (Phi) is 4.55. The number of pyridine rings is 1. The highest BCUT2D eigenvalue weighted by molar-refractivity contribution is 5.56. The number of hydrogen-bond donors (Lipinski definition) is 2. The van der Waals surface area contributed by atoms with Crippen molar-refractivity contribution in [1.82, 2.24) is 30.3 Å². The van der Waals surface area contributed by atoms with Gasteiger partial charge in [-0.25, -0.2) is 9.37 Å². The molecule has 32 heavy (non-hydrogen) atoms. The third-order valence-corrected chi connectivity index (χ3v) is 5.89. The van der Waals surface area contributed by atoms with E-state index in [1.165, 1.54) is 6.20 Å². The molecule has 2 fully saturated rings. The number of H-pyrrole nitrogens is 1. The van der Waals surface area contributed by atoms with Crippen LogP contribution < -0.4 is 10.2 Å². The van der Waals surface area contributed by atoms with Gasteiger partial charge in [0.25, 0.3) is 0 Å². The Morgan fingerprint density at radius 1 is 1.12 bits per heavy atom. The van der Waals surface area contributed by atoms with Crippen molar-refractivity contribution < 1.29 is 8.91 Å². The van der Waals surface area contributed by atoms with Gasteiger partial charge in [-0.2, -0.15) is 10.1 Å². The number of nitrogens with zero attached hydrogens (tertiary/aromatic N) is 6. The summed E-state index contributed by atoms with van der Waals surface area (Å²) >= 11 is 0. The maximum Gasteiger partial charge on any atom is 0.228 e. The summed E-state index contributed by atoms with van der Waals surface area (Å²) in [7, 11) is 0. The second-order valence-corrected chi connectivity index (χ2v) is 8.16. The topological polar surface area (TPSA) is 109 Å². The van der Waals surface area contributed by atoms with Crippen LogP contribution in [0.1, 0.15) is 49.1 Å². The molecule has 6 rings (SSSR count). The van der Waals surface area contributed by atoms with E-state index in [1.807, 2.05) is 35.2 Å². The molecule has 4 aromatic rings. The van der Waals surface area contributed by atoms with E-state index in [0.29, 0.717) is 29.1 Å². The lowest BCUT2D eigenvalue weighted by molar-refractivity contribution is 0.362. The zero-order chi connectivity index (χ0) is 21.5. The first-order valence-electron chi connectivity index (χ1n) is 10.7. The van der Waals surface area contributed by atoms with E-state index in [1.54, 1.807) is 6.20 Å². The molecular formula is C22H21FN8O. The lowest BCUT2D eigenvalue weighted by Gasteiger charge is -2.22. The fourth-order valence-corrected chi connectivity index (χ4v) is 4.09. The smallest absolute Gasteiger partial charge is 0.228 e. The largest absolute Gasteiger partial charge is 0.358 e. The summed E-state index contributed by atoms with van der Waals surface area (Å²) in [6, 6.07) is 9.38. The van der Waals surface area contributed by atoms with Gasteiger partial charge in [0.05, 0.1) is 17.9 Å². The maximum atomic E-state index is 14.5. The monoisotopic (exact) mass is 432 g/mol. The van der Waals surface area contributed by atoms with Crippen LogP contribution >= 0.6 is 0 Å². The summed E-state index contributed by atoms with van der Waals surface area (Å²) in [5.41, 5.74) is 2.50. The van der Waals surface area contributed by atoms with Crippen LogP contribution in [0.3, 0.4) is 0 Å². The zero-order valence-corrected chi connectivity index (χ0v) is 17.2. The molecule has 4 aromatic heterocycles. The highest BCUT2D eigenvalue weighted by atomic mass is 19.1. The molecule has 1 aliphatic carbocycles. The molecule has 0 unspecified atom stereocenters. The van der Waals surface area contributed by atoms with E-state index in [-0.39, 0.29) is 11.9 Å². The van der Waals surface area contributed by atoms with Gasteiger partial charge >= 0.3 is 0 Å². The molecule has 1 saturated heterocycles. The van der Waals surface area contributed by atoms with E-state index in [2.05, 4.69) is 35.6 Å². The predicted octanol–water partition coefficient (Wildman–Crippen LogP) is 4.35. The number of aromatic nitrogens is 6. The standard InChI is InChI=1S/C22H21FN8O/c23-14-12-25-22(27-21(14)26-20-11-16(28-29-20)13-6-7-13)31-9-3-5-18(31)19-10-17(30-32-19)15-4-1-2-8-24-15/h1-2,4,8,10-13,18H,3,5-7,9H2,(H2,25,26,27,28,29)/t18-/m0/s1. The van der Waals surface area contributed by atoms with E-state index in [4.69, 9.17) is 4.52 Å². The molecule has 162 valence electrons. The van der Waals surface area contributed by atoms with Gasteiger partial charge in [-0.05, 0) is 37.8 Å². The van der Waals surface area contributed by atoms with Gasteiger partial charge in [0.15, 0.2) is 23.2 Å². The molecule has 0 aromatic carbocycles. The molecule has 1 atom stereocenters. The Hall–Kier alpha value is -3.82. The fraction of sp³-hybridized carbons (Fsp3) is 0.318. The van der Waals surface area contributed by atoms with Crippen LogP contribution in [0.4, 0.5) is 22.0 Å². The Bertz CT molecular complexity index is 1240. The van der Waals surface area contributed by atoms with Crippen molar-refractivity contribution >= 4 is 17.6 Å². The van der Waals surface area contributed by atoms with Crippen molar-refractivity contribution in [2.75, 3.05) is 16.8 Å². The minimum atomic E-state index is -0.530. The van der Waals surface area contributed by atoms with Gasteiger partial charge in [-0.1, -0.05) is 11.2 Å². The first-order chi connectivity index (χ1) is 15.7. The van der Waals surface area contributed by atoms with Crippen LogP contribution in [0.5, 0.6) is 0 Å². The van der Waals surface area contributed by atoms with Crippen molar-refractivity contribution in [1.29, 1.82) is 0 Å². The second-order valence-electron chi connectivity index (χ2n) is 8.16. The lowest BCUT2D eigenvalue weighted by Crippen LogP contribution is -2.24. The molecule has 5 heterocycles. The van der Waals surface area contributed by atoms with Crippen LogP contribution in [-0.2, 0) is 0 Å². The number of hydrogen-bond acceptors (Lipinski definition) is 8. The second kappa shape index (κ2) is 7.70. The van der Waals surface area contributed by atoms with Crippen LogP contribution in [0, 0.1) is 5.82 Å². The molecule has 0 amide bonds. The summed E-state index contributed by atoms with van der Waals surface area (Å²) in [5, 5.41) is 14.4. The molecule has 9 nitrogen and oxygen atoms in total. The molecule has 10 heteroatoms. The summed E-state index contributed by atoms with van der Waals surface area (Å²) in [4.78, 5) is 15.1. The zero-order valence-electron chi connectivity index (χ0n) is 17.2. The van der Waals surface area contributed by atoms with Crippen molar-refractivity contribution in [2.45, 2.75) is 37.6 Å². The Morgan fingerprint density at radius 2 is 2.06 bits per heavy atom. The third kappa shape index (κ3) is 3.57. The molecule has 0 spiro atoms. The van der Waals surface area contributed by atoms with Crippen molar-refractivity contribution in [3.8, 4) is 11.4 Å². The molecule has 2 N–H and O–H groups in total. The van der Waals surface area contributed by atoms with Crippen LogP contribution in [-0.4, -0.2) is 36.9 Å². The predicted molar refractivity (Wildman–Crippen MR) is 115 cm³/mol. The summed E-state index contributed by atoms with van der Waals surface area (Å²) in [6.07, 6.45) is 7.04. The first-order valence-corrected chi connectivity index (χ1v) is 10.7. The Morgan fingerprint density at radius 3 is 2.91 bits per heavy atom. The quantitative estimate of drug-likeness (QED) is 0.463. The minimum absolute atomic E-state index is 0.0786. The van der Waals surface area contributed by atoms with E-state index in [9.17, 15) is 4.39 Å². The minimum Gasteiger partial charge on any atom is -0.358 e. The maximum absolute atomic E-state index is 14.5. The third-order valence-electron chi connectivity index (χ3n) is 5.89. The Balaban J connectivity index is 1.25. The first kappa shape index (κ1) is 18.9. The number of rotatable bonds is 6. The van der Waals surface area contributed by atoms with Crippen LogP contribution in [0.2, 0.25) is 0 Å². The van der Waals surface area contributed by atoms with Gasteiger partial charge in [0.2, 0.25) is 5.95 Å². The summed E-state index contributed by atoms with van der Waals surface area (Å²) < 4.78 is 20.1. The molecule has 2 aliphatic rings. The van der Waals surface area contributed by atoms with Crippen molar-refractivity contribution in [2.24, 2.45) is 0 Å². The highest BCUT2D eigenvalue weighted by Crippen LogP contribution is 2.40. The Labute approximate surface area is 183 Å². The normalized spacial score (nSPS) is 18.3. The number of anilines is 3. The number of nitrogens with one attached hydrogen (secondary N) is 2. The lowest BCUT2D eigenvalue weighted by atomic mass is 10.1. The van der Waals surface area contributed by atoms with E-state index in [0.717, 1.165) is 43.6 Å². The van der Waals surface area contributed by atoms with E-state index >= 15 is 0 Å². The molecule has 0 bridgehead atoms. The van der Waals surface area contributed by atoms with Crippen molar-refractivity contribution in [3.05, 3.63) is 60.0 Å². The van der Waals surface area contributed by atoms with Gasteiger partial charge in [-0.3, -0.25) is 10.1 Å². The number of halogens is 1. The summed E-state index contributed by atoms with van der Waals surface area (Å²) in [5.74, 6) is 1.80. The van der Waals surface area contributed by atoms with Crippen LogP contribution in [0.15, 0.2) is 47.2 Å². The van der Waals surface area contributed by atoms with Crippen LogP contribution in [0.25, 0.3) is 11.4 Å². The molecular weight excluding hydrogens is 411 g/mol. The van der Waals surface area contributed by atoms with Crippen molar-refractivity contribution in [3.63, 3.8) is 0 Å². The average molecular weight is 432 g/mol. The van der Waals surface area contributed by atoms with Gasteiger partial charge in [0, 0.05) is 36.5 Å². The molecule has 0 radical (unpaired) electrons. The van der Waals surface area contributed by atoms with E-state index < -0.39 is 5.82 Å². The van der Waals surface area contributed by atoms with Gasteiger partial charge < -0.3 is 14.7 Å². The number of aromatic amines is 1. The SMILES string of the molecule is Fc1cnc(N2CCC[C@H]2c2cc(-c3ccccn3)no2)nc1Nc1cc(C2CC2)[nH]n1. The highest BCUT2D eigenvalue weighted by Gasteiger charge is 2.32. The average Bonchev–Trinajstić information content (AvgIpc) is 3.21. The fourth-order valence-electron chi connectivity index (χ4n) is 4.09. The van der Waals surface area contributed by atoms with Gasteiger partial charge in [-0.15, -0.1) is 0 Å². The summed E-state index contributed by atoms with van der Waals surface area (Å²) in [6.45, 7) is 0.740. The molecule has 1 saturated carbocycles. The molecule has 1 aliphatic heterocycles. The van der Waals surface area contributed by atoms with Gasteiger partial charge in [0.1, 0.15) is 5.69 Å².